The Morgan fingerprint density at radius 2 is 1.72 bits per heavy atom. The Balaban J connectivity index is 1.37. The molecule has 0 spiro atoms. The minimum Gasteiger partial charge on any atom is -0.616 e. The summed E-state index contributed by atoms with van der Waals surface area (Å²) in [6, 6.07) is 18.3. The van der Waals surface area contributed by atoms with Crippen LogP contribution in [-0.4, -0.2) is 64.8 Å². The molecule has 2 aromatic carbocycles. The summed E-state index contributed by atoms with van der Waals surface area (Å²) in [7, 11) is 0. The van der Waals surface area contributed by atoms with E-state index in [0.717, 1.165) is 16.0 Å². The van der Waals surface area contributed by atoms with Gasteiger partial charge in [0.25, 0.3) is 5.91 Å². The largest absolute Gasteiger partial charge is 0.616 e. The van der Waals surface area contributed by atoms with Crippen molar-refractivity contribution in [2.75, 3.05) is 38.5 Å². The molecule has 1 N–H and O–H groups in total. The fourth-order valence-electron chi connectivity index (χ4n) is 3.88. The molecule has 8 heteroatoms. The lowest BCUT2D eigenvalue weighted by molar-refractivity contribution is -0.129. The van der Waals surface area contributed by atoms with Gasteiger partial charge in [0.1, 0.15) is 5.75 Å². The minimum atomic E-state index is -1.30. The van der Waals surface area contributed by atoms with E-state index in [1.165, 1.54) is 10.1 Å². The van der Waals surface area contributed by atoms with Crippen LogP contribution in [0, 0.1) is 0 Å². The fraction of sp³-hybridized carbons (Fsp3) is 0.333. The molecule has 0 aliphatic carbocycles. The molecule has 2 heterocycles. The van der Waals surface area contributed by atoms with Crippen LogP contribution in [-0.2, 0) is 21.7 Å². The van der Waals surface area contributed by atoms with Crippen molar-refractivity contribution >= 4 is 44.5 Å². The Labute approximate surface area is 195 Å². The molecule has 3 aromatic rings. The van der Waals surface area contributed by atoms with Gasteiger partial charge in [0.15, 0.2) is 5.75 Å². The van der Waals surface area contributed by atoms with Crippen LogP contribution in [0.25, 0.3) is 20.5 Å². The summed E-state index contributed by atoms with van der Waals surface area (Å²) < 4.78 is 14.1. The third-order valence-corrected chi connectivity index (χ3v) is 7.91. The molecule has 32 heavy (non-hydrogen) atoms. The summed E-state index contributed by atoms with van der Waals surface area (Å²) in [6.45, 7) is 4.42. The van der Waals surface area contributed by atoms with Crippen molar-refractivity contribution in [3.05, 3.63) is 60.2 Å². The van der Waals surface area contributed by atoms with E-state index in [1.54, 1.807) is 21.1 Å². The molecule has 3 amide bonds. The predicted molar refractivity (Wildman–Crippen MR) is 131 cm³/mol. The van der Waals surface area contributed by atoms with Crippen molar-refractivity contribution in [3.8, 4) is 10.4 Å². The number of nitrogens with zero attached hydrogens (tertiary/aromatic N) is 2. The second kappa shape index (κ2) is 10.4. The molecule has 1 saturated heterocycles. The number of urea groups is 1. The lowest BCUT2D eigenvalue weighted by atomic mass is 10.1. The van der Waals surface area contributed by atoms with E-state index >= 15 is 0 Å². The van der Waals surface area contributed by atoms with Gasteiger partial charge >= 0.3 is 6.03 Å². The van der Waals surface area contributed by atoms with Crippen LogP contribution < -0.4 is 5.32 Å². The summed E-state index contributed by atoms with van der Waals surface area (Å²) in [4.78, 5) is 29.2. The fourth-order valence-corrected chi connectivity index (χ4v) is 6.16. The van der Waals surface area contributed by atoms with E-state index < -0.39 is 11.2 Å². The van der Waals surface area contributed by atoms with Gasteiger partial charge in [-0.1, -0.05) is 42.5 Å². The maximum absolute atomic E-state index is 12.9. The molecule has 1 fully saturated rings. The van der Waals surface area contributed by atoms with Gasteiger partial charge in [-0.05, 0) is 41.2 Å². The Hall–Kier alpha value is -2.55. The first-order chi connectivity index (χ1) is 15.5. The zero-order chi connectivity index (χ0) is 22.5. The number of benzene rings is 2. The predicted octanol–water partition coefficient (Wildman–Crippen LogP) is 3.69. The molecule has 1 unspecified atom stereocenters. The van der Waals surface area contributed by atoms with E-state index in [9.17, 15) is 14.1 Å². The van der Waals surface area contributed by atoms with E-state index in [4.69, 9.17) is 0 Å². The Morgan fingerprint density at radius 1 is 1.03 bits per heavy atom. The third-order valence-electron chi connectivity index (χ3n) is 5.56. The number of carbonyl (C=O) groups excluding carboxylic acids is 2. The average molecular weight is 470 g/mol. The van der Waals surface area contributed by atoms with Gasteiger partial charge in [-0.3, -0.25) is 4.79 Å². The number of piperazine rings is 1. The van der Waals surface area contributed by atoms with Crippen LogP contribution in [0.2, 0.25) is 0 Å². The maximum atomic E-state index is 12.9. The average Bonchev–Trinajstić information content (AvgIpc) is 3.23. The minimum absolute atomic E-state index is 0.00189. The van der Waals surface area contributed by atoms with Gasteiger partial charge in [-0.2, -0.15) is 0 Å². The number of hydrogen-bond donors (Lipinski definition) is 1. The second-order valence-corrected chi connectivity index (χ2v) is 10.3. The molecule has 6 nitrogen and oxygen atoms in total. The molecule has 1 aromatic heterocycles. The van der Waals surface area contributed by atoms with E-state index in [0.29, 0.717) is 38.5 Å². The van der Waals surface area contributed by atoms with Crippen molar-refractivity contribution in [3.63, 3.8) is 0 Å². The van der Waals surface area contributed by atoms with Crippen LogP contribution in [0.4, 0.5) is 4.79 Å². The van der Waals surface area contributed by atoms with Crippen molar-refractivity contribution in [2.45, 2.75) is 12.7 Å². The highest BCUT2D eigenvalue weighted by Crippen LogP contribution is 2.35. The SMILES string of the molecule is CCNC(=O)N1CCN(C(=O)C[S+]([O-])Cc2ccccc2-c2cc3ccccc3s2)CC1. The van der Waals surface area contributed by atoms with Gasteiger partial charge in [-0.15, -0.1) is 11.3 Å². The lowest BCUT2D eigenvalue weighted by Crippen LogP contribution is -2.54. The van der Waals surface area contributed by atoms with Crippen molar-refractivity contribution in [1.82, 2.24) is 15.1 Å². The van der Waals surface area contributed by atoms with Gasteiger partial charge in [0.2, 0.25) is 0 Å². The molecule has 168 valence electrons. The summed E-state index contributed by atoms with van der Waals surface area (Å²) in [5.41, 5.74) is 2.07. The smallest absolute Gasteiger partial charge is 0.317 e. The Bertz CT molecular complexity index is 1060. The monoisotopic (exact) mass is 469 g/mol. The quantitative estimate of drug-likeness (QED) is 0.560. The van der Waals surface area contributed by atoms with Crippen LogP contribution in [0.3, 0.4) is 0 Å². The molecular weight excluding hydrogens is 442 g/mol. The highest BCUT2D eigenvalue weighted by molar-refractivity contribution is 7.91. The first kappa shape index (κ1) is 22.6. The number of nitrogens with one attached hydrogen (secondary N) is 1. The molecule has 1 aliphatic rings. The first-order valence-corrected chi connectivity index (χ1v) is 13.1. The van der Waals surface area contributed by atoms with E-state index in [1.807, 2.05) is 37.3 Å². The summed E-state index contributed by atoms with van der Waals surface area (Å²) in [5, 5.41) is 3.98. The van der Waals surface area contributed by atoms with Crippen molar-refractivity contribution < 1.29 is 14.1 Å². The maximum Gasteiger partial charge on any atom is 0.317 e. The molecule has 1 aliphatic heterocycles. The highest BCUT2D eigenvalue weighted by Gasteiger charge is 2.27. The number of hydrogen-bond acceptors (Lipinski definition) is 4. The van der Waals surface area contributed by atoms with Gasteiger partial charge < -0.3 is 19.7 Å². The molecule has 1 atom stereocenters. The van der Waals surface area contributed by atoms with Crippen molar-refractivity contribution in [1.29, 1.82) is 0 Å². The van der Waals surface area contributed by atoms with Crippen LogP contribution >= 0.6 is 11.3 Å². The number of thiophene rings is 1. The summed E-state index contributed by atoms with van der Waals surface area (Å²) >= 11 is 0.418. The van der Waals surface area contributed by atoms with Crippen LogP contribution in [0.5, 0.6) is 0 Å². The zero-order valence-electron chi connectivity index (χ0n) is 18.1. The number of fused-ring (bicyclic) bond motifs is 1. The second-order valence-electron chi connectivity index (χ2n) is 7.74. The third kappa shape index (κ3) is 5.26. The standard InChI is InChI=1S/C24H27N3O3S2/c1-2-25-24(29)27-13-11-26(12-14-27)23(28)17-32(30)16-19-8-3-5-9-20(19)22-15-18-7-4-6-10-21(18)31-22/h3-10,15H,2,11-14,16-17H2,1H3,(H,25,29). The van der Waals surface area contributed by atoms with E-state index in [2.05, 4.69) is 29.6 Å². The van der Waals surface area contributed by atoms with Crippen LogP contribution in [0.1, 0.15) is 12.5 Å². The Kier molecular flexibility index (Phi) is 7.34. The van der Waals surface area contributed by atoms with Crippen molar-refractivity contribution in [2.24, 2.45) is 0 Å². The highest BCUT2D eigenvalue weighted by atomic mass is 32.2. The normalized spacial score (nSPS) is 15.1. The molecule has 0 saturated carbocycles. The number of carbonyl (C=O) groups is 2. The molecule has 0 bridgehead atoms. The molecule has 4 rings (SSSR count). The Morgan fingerprint density at radius 3 is 2.47 bits per heavy atom. The lowest BCUT2D eigenvalue weighted by Gasteiger charge is -2.34. The van der Waals surface area contributed by atoms with Crippen LogP contribution in [0.15, 0.2) is 54.6 Å². The topological polar surface area (TPSA) is 75.7 Å². The first-order valence-electron chi connectivity index (χ1n) is 10.8. The number of rotatable bonds is 6. The number of amides is 3. The summed E-state index contributed by atoms with van der Waals surface area (Å²) in [5.74, 6) is 0.231. The van der Waals surface area contributed by atoms with Gasteiger partial charge in [0, 0.05) is 47.9 Å². The zero-order valence-corrected chi connectivity index (χ0v) is 19.7. The van der Waals surface area contributed by atoms with Gasteiger partial charge in [0.05, 0.1) is 0 Å². The molecule has 0 radical (unpaired) electrons. The van der Waals surface area contributed by atoms with E-state index in [-0.39, 0.29) is 17.7 Å². The summed E-state index contributed by atoms with van der Waals surface area (Å²) in [6.07, 6.45) is 0. The molecular formula is C24H27N3O3S2. The van der Waals surface area contributed by atoms with Gasteiger partial charge in [-0.25, -0.2) is 4.79 Å².